The summed E-state index contributed by atoms with van der Waals surface area (Å²) in [6, 6.07) is 1.77. The van der Waals surface area contributed by atoms with Gasteiger partial charge in [-0.05, 0) is 19.1 Å². The molecule has 1 amide bonds. The zero-order valence-electron chi connectivity index (χ0n) is 8.83. The van der Waals surface area contributed by atoms with E-state index in [1.807, 2.05) is 0 Å². The highest BCUT2D eigenvalue weighted by Crippen LogP contribution is 2.30. The Morgan fingerprint density at radius 3 is 2.47 bits per heavy atom. The zero-order chi connectivity index (χ0) is 13.2. The van der Waals surface area contributed by atoms with E-state index in [1.54, 1.807) is 0 Å². The summed E-state index contributed by atoms with van der Waals surface area (Å²) in [5.74, 6) is -1.77. The van der Waals surface area contributed by atoms with Gasteiger partial charge >= 0.3 is 5.97 Å². The molecule has 0 saturated carbocycles. The number of carboxylic acid groups (broad SMARTS) is 1. The van der Waals surface area contributed by atoms with Crippen LogP contribution in [0.4, 0.5) is 5.69 Å². The summed E-state index contributed by atoms with van der Waals surface area (Å²) in [4.78, 5) is 22.4. The number of halogens is 2. The second-order valence-electron chi connectivity index (χ2n) is 3.39. The summed E-state index contributed by atoms with van der Waals surface area (Å²) in [5.41, 5.74) is 5.17. The molecule has 1 atom stereocenters. The maximum absolute atomic E-state index is 11.4. The van der Waals surface area contributed by atoms with Crippen LogP contribution < -0.4 is 11.1 Å². The molecule has 0 aliphatic carbocycles. The Balaban J connectivity index is 3.22. The van der Waals surface area contributed by atoms with E-state index >= 15 is 0 Å². The van der Waals surface area contributed by atoms with E-state index in [4.69, 9.17) is 34.0 Å². The summed E-state index contributed by atoms with van der Waals surface area (Å²) >= 11 is 11.5. The Labute approximate surface area is 108 Å². The van der Waals surface area contributed by atoms with E-state index in [1.165, 1.54) is 19.1 Å². The molecule has 4 N–H and O–H groups in total. The van der Waals surface area contributed by atoms with Crippen molar-refractivity contribution in [2.75, 3.05) is 5.32 Å². The lowest BCUT2D eigenvalue weighted by Crippen LogP contribution is -2.33. The number of nitrogens with two attached hydrogens (primary N) is 1. The summed E-state index contributed by atoms with van der Waals surface area (Å²) in [6.07, 6.45) is 0. The van der Waals surface area contributed by atoms with Gasteiger partial charge < -0.3 is 16.2 Å². The molecule has 1 aromatic rings. The Morgan fingerprint density at radius 2 is 2.00 bits per heavy atom. The number of amides is 1. The SMILES string of the molecule is C[C@@H](N)C(=O)Nc1c(Cl)cc(Cl)cc1C(=O)O. The first kappa shape index (κ1) is 13.8. The van der Waals surface area contributed by atoms with Crippen LogP contribution in [0, 0.1) is 0 Å². The van der Waals surface area contributed by atoms with E-state index in [-0.39, 0.29) is 21.3 Å². The molecular formula is C10H10Cl2N2O3. The minimum Gasteiger partial charge on any atom is -0.478 e. The van der Waals surface area contributed by atoms with Gasteiger partial charge in [-0.2, -0.15) is 0 Å². The molecule has 0 bridgehead atoms. The molecule has 0 aromatic heterocycles. The van der Waals surface area contributed by atoms with E-state index < -0.39 is 17.9 Å². The lowest BCUT2D eigenvalue weighted by atomic mass is 10.1. The number of carboxylic acids is 1. The predicted molar refractivity (Wildman–Crippen MR) is 65.7 cm³/mol. The van der Waals surface area contributed by atoms with Crippen LogP contribution in [0.25, 0.3) is 0 Å². The Morgan fingerprint density at radius 1 is 1.41 bits per heavy atom. The third-order valence-corrected chi connectivity index (χ3v) is 2.46. The Hall–Kier alpha value is -1.30. The normalized spacial score (nSPS) is 12.0. The molecule has 17 heavy (non-hydrogen) atoms. The Kier molecular flexibility index (Phi) is 4.34. The highest BCUT2D eigenvalue weighted by molar-refractivity contribution is 6.37. The fourth-order valence-corrected chi connectivity index (χ4v) is 1.65. The van der Waals surface area contributed by atoms with Crippen molar-refractivity contribution in [3.63, 3.8) is 0 Å². The van der Waals surface area contributed by atoms with Crippen molar-refractivity contribution in [3.05, 3.63) is 27.7 Å². The first-order valence-electron chi connectivity index (χ1n) is 4.61. The number of nitrogens with one attached hydrogen (secondary N) is 1. The largest absolute Gasteiger partial charge is 0.478 e. The number of hydrogen-bond donors (Lipinski definition) is 3. The van der Waals surface area contributed by atoms with Gasteiger partial charge in [-0.3, -0.25) is 4.79 Å². The monoisotopic (exact) mass is 276 g/mol. The topological polar surface area (TPSA) is 92.4 Å². The number of carbonyl (C=O) groups excluding carboxylic acids is 1. The number of anilines is 1. The van der Waals surface area contributed by atoms with E-state index in [0.717, 1.165) is 0 Å². The maximum Gasteiger partial charge on any atom is 0.337 e. The number of carbonyl (C=O) groups is 2. The highest BCUT2D eigenvalue weighted by atomic mass is 35.5. The van der Waals surface area contributed by atoms with Crippen LogP contribution in [0.1, 0.15) is 17.3 Å². The molecule has 1 rings (SSSR count). The highest BCUT2D eigenvalue weighted by Gasteiger charge is 2.18. The summed E-state index contributed by atoms with van der Waals surface area (Å²) < 4.78 is 0. The molecule has 5 nitrogen and oxygen atoms in total. The molecule has 0 saturated heterocycles. The minimum atomic E-state index is -1.24. The molecule has 0 fully saturated rings. The maximum atomic E-state index is 11.4. The van der Waals surface area contributed by atoms with Gasteiger partial charge in [-0.25, -0.2) is 4.79 Å². The van der Waals surface area contributed by atoms with Crippen molar-refractivity contribution in [2.24, 2.45) is 5.73 Å². The van der Waals surface area contributed by atoms with Crippen LogP contribution in [0.15, 0.2) is 12.1 Å². The zero-order valence-corrected chi connectivity index (χ0v) is 10.3. The number of rotatable bonds is 3. The molecule has 0 unspecified atom stereocenters. The van der Waals surface area contributed by atoms with Gasteiger partial charge in [-0.15, -0.1) is 0 Å². The molecule has 92 valence electrons. The van der Waals surface area contributed by atoms with Gasteiger partial charge in [0, 0.05) is 5.02 Å². The van der Waals surface area contributed by atoms with Gasteiger partial charge in [0.15, 0.2) is 0 Å². The van der Waals surface area contributed by atoms with Crippen LogP contribution in [-0.2, 0) is 4.79 Å². The minimum absolute atomic E-state index is 0.00846. The van der Waals surface area contributed by atoms with Crippen LogP contribution in [0.5, 0.6) is 0 Å². The van der Waals surface area contributed by atoms with E-state index in [0.29, 0.717) is 0 Å². The van der Waals surface area contributed by atoms with Crippen molar-refractivity contribution in [2.45, 2.75) is 13.0 Å². The van der Waals surface area contributed by atoms with Crippen molar-refractivity contribution in [1.29, 1.82) is 0 Å². The van der Waals surface area contributed by atoms with Crippen molar-refractivity contribution >= 4 is 40.8 Å². The molecule has 0 radical (unpaired) electrons. The number of hydrogen-bond acceptors (Lipinski definition) is 3. The third kappa shape index (κ3) is 3.33. The predicted octanol–water partition coefficient (Wildman–Crippen LogP) is 1.98. The molecule has 1 aromatic carbocycles. The van der Waals surface area contributed by atoms with Crippen LogP contribution >= 0.6 is 23.2 Å². The van der Waals surface area contributed by atoms with Crippen LogP contribution in [-0.4, -0.2) is 23.0 Å². The lowest BCUT2D eigenvalue weighted by molar-refractivity contribution is -0.117. The van der Waals surface area contributed by atoms with Gasteiger partial charge in [0.05, 0.1) is 22.3 Å². The van der Waals surface area contributed by atoms with E-state index in [2.05, 4.69) is 5.32 Å². The molecule has 0 aliphatic heterocycles. The van der Waals surface area contributed by atoms with Crippen molar-refractivity contribution in [3.8, 4) is 0 Å². The van der Waals surface area contributed by atoms with Gasteiger partial charge in [-0.1, -0.05) is 23.2 Å². The molecule has 0 spiro atoms. The standard InChI is InChI=1S/C10H10Cl2N2O3/c1-4(13)9(15)14-8-6(10(16)17)2-5(11)3-7(8)12/h2-4H,13H2,1H3,(H,14,15)(H,16,17)/t4-/m1/s1. The van der Waals surface area contributed by atoms with Gasteiger partial charge in [0.1, 0.15) is 0 Å². The van der Waals surface area contributed by atoms with Crippen molar-refractivity contribution in [1.82, 2.24) is 0 Å². The fraction of sp³-hybridized carbons (Fsp3) is 0.200. The lowest BCUT2D eigenvalue weighted by Gasteiger charge is -2.12. The average molecular weight is 277 g/mol. The number of aromatic carboxylic acids is 1. The smallest absolute Gasteiger partial charge is 0.337 e. The summed E-state index contributed by atoms with van der Waals surface area (Å²) in [7, 11) is 0. The first-order chi connectivity index (χ1) is 7.82. The van der Waals surface area contributed by atoms with Crippen LogP contribution in [0.3, 0.4) is 0 Å². The number of benzene rings is 1. The summed E-state index contributed by atoms with van der Waals surface area (Å²) in [6.45, 7) is 1.47. The third-order valence-electron chi connectivity index (χ3n) is 1.95. The fourth-order valence-electron chi connectivity index (χ4n) is 1.11. The molecule has 7 heteroatoms. The summed E-state index contributed by atoms with van der Waals surface area (Å²) in [5, 5.41) is 11.5. The van der Waals surface area contributed by atoms with Gasteiger partial charge in [0.2, 0.25) is 5.91 Å². The average Bonchev–Trinajstić information content (AvgIpc) is 2.20. The molecule has 0 aliphatic rings. The van der Waals surface area contributed by atoms with Crippen molar-refractivity contribution < 1.29 is 14.7 Å². The first-order valence-corrected chi connectivity index (χ1v) is 5.37. The second-order valence-corrected chi connectivity index (χ2v) is 4.24. The quantitative estimate of drug-likeness (QED) is 0.787. The van der Waals surface area contributed by atoms with Crippen LogP contribution in [0.2, 0.25) is 10.0 Å². The van der Waals surface area contributed by atoms with Gasteiger partial charge in [0.25, 0.3) is 0 Å². The molecular weight excluding hydrogens is 267 g/mol. The Bertz CT molecular complexity index is 475. The second kappa shape index (κ2) is 5.35. The van der Waals surface area contributed by atoms with E-state index in [9.17, 15) is 9.59 Å². The molecule has 0 heterocycles.